The van der Waals surface area contributed by atoms with Crippen LogP contribution in [-0.4, -0.2) is 30.4 Å². The zero-order chi connectivity index (χ0) is 23.5. The largest absolute Gasteiger partial charge is 0.408 e. The van der Waals surface area contributed by atoms with E-state index in [2.05, 4.69) is 15.5 Å². The molecule has 2 unspecified atom stereocenters. The van der Waals surface area contributed by atoms with Crippen LogP contribution in [0.15, 0.2) is 6.20 Å². The van der Waals surface area contributed by atoms with Crippen LogP contribution in [0.4, 0.5) is 5.82 Å². The summed E-state index contributed by atoms with van der Waals surface area (Å²) in [6.07, 6.45) is 8.31. The Kier molecular flexibility index (Phi) is 5.30. The van der Waals surface area contributed by atoms with Crippen molar-refractivity contribution in [2.75, 3.05) is 0 Å². The molecule has 0 spiro atoms. The number of carbonyl (C=O) groups excluding carboxylic acids is 1. The van der Waals surface area contributed by atoms with Crippen molar-refractivity contribution in [3.05, 3.63) is 38.3 Å². The predicted octanol–water partition coefficient (Wildman–Crippen LogP) is 4.28. The molecule has 178 valence electrons. The molecule has 6 rings (SSSR count). The number of aromatic nitrogens is 4. The summed E-state index contributed by atoms with van der Waals surface area (Å²) >= 11 is 6.30. The summed E-state index contributed by atoms with van der Waals surface area (Å²) < 4.78 is 3.78. The zero-order valence-electron chi connectivity index (χ0n) is 19.4. The van der Waals surface area contributed by atoms with Crippen LogP contribution in [0, 0.1) is 41.2 Å². The van der Waals surface area contributed by atoms with E-state index in [4.69, 9.17) is 11.6 Å². The number of nitrogens with one attached hydrogen (secondary N) is 1. The third-order valence-corrected chi connectivity index (χ3v) is 8.76. The Hall–Kier alpha value is -2.42. The molecule has 0 aliphatic heterocycles. The normalized spacial score (nSPS) is 30.1. The van der Waals surface area contributed by atoms with E-state index in [1.54, 1.807) is 0 Å². The first-order valence-corrected chi connectivity index (χ1v) is 12.2. The molecule has 0 saturated heterocycles. The van der Waals surface area contributed by atoms with Crippen LogP contribution in [0.1, 0.15) is 68.8 Å². The number of nitro groups is 1. The van der Waals surface area contributed by atoms with Gasteiger partial charge in [0.2, 0.25) is 5.91 Å². The van der Waals surface area contributed by atoms with Crippen molar-refractivity contribution in [3.63, 3.8) is 0 Å². The van der Waals surface area contributed by atoms with Crippen LogP contribution >= 0.6 is 11.6 Å². The van der Waals surface area contributed by atoms with E-state index in [0.717, 1.165) is 49.9 Å². The van der Waals surface area contributed by atoms with E-state index in [-0.39, 0.29) is 27.7 Å². The van der Waals surface area contributed by atoms with E-state index in [9.17, 15) is 14.9 Å². The quantitative estimate of drug-likeness (QED) is 0.476. The highest BCUT2D eigenvalue weighted by molar-refractivity contribution is 6.33. The molecule has 2 aromatic rings. The van der Waals surface area contributed by atoms with Crippen molar-refractivity contribution in [1.29, 1.82) is 0 Å². The average molecular weight is 475 g/mol. The Balaban J connectivity index is 1.36. The monoisotopic (exact) mass is 474 g/mol. The number of aryl methyl sites for hydroxylation is 1. The molecule has 33 heavy (non-hydrogen) atoms. The van der Waals surface area contributed by atoms with Gasteiger partial charge in [0.05, 0.1) is 22.5 Å². The second-order valence-corrected chi connectivity index (χ2v) is 11.0. The van der Waals surface area contributed by atoms with Gasteiger partial charge in [-0.2, -0.15) is 9.78 Å². The van der Waals surface area contributed by atoms with Gasteiger partial charge in [0.1, 0.15) is 0 Å². The van der Waals surface area contributed by atoms with E-state index in [1.807, 2.05) is 36.3 Å². The minimum atomic E-state index is -0.502. The maximum absolute atomic E-state index is 13.1. The minimum absolute atomic E-state index is 0.0666. The van der Waals surface area contributed by atoms with Gasteiger partial charge in [0.25, 0.3) is 0 Å². The number of hydrogen-bond donors (Lipinski definition) is 1. The van der Waals surface area contributed by atoms with Crippen LogP contribution in [0.25, 0.3) is 0 Å². The highest BCUT2D eigenvalue weighted by Gasteiger charge is 2.60. The molecule has 1 amide bonds. The van der Waals surface area contributed by atoms with Gasteiger partial charge in [0.15, 0.2) is 5.02 Å². The van der Waals surface area contributed by atoms with Gasteiger partial charge in [-0.1, -0.05) is 11.6 Å². The lowest BCUT2D eigenvalue weighted by atomic mass is 9.46. The molecule has 4 saturated carbocycles. The summed E-state index contributed by atoms with van der Waals surface area (Å²) in [5.74, 6) is 0.840. The molecule has 9 nitrogen and oxygen atoms in total. The Labute approximate surface area is 198 Å². The summed E-state index contributed by atoms with van der Waals surface area (Å²) in [6.45, 7) is 7.19. The first-order chi connectivity index (χ1) is 15.7. The third-order valence-electron chi connectivity index (χ3n) is 8.32. The van der Waals surface area contributed by atoms with Crippen LogP contribution in [0.2, 0.25) is 5.02 Å². The number of rotatable bonds is 7. The van der Waals surface area contributed by atoms with Crippen molar-refractivity contribution in [2.45, 2.75) is 84.3 Å². The van der Waals surface area contributed by atoms with E-state index in [0.29, 0.717) is 30.5 Å². The highest BCUT2D eigenvalue weighted by Crippen LogP contribution is 2.65. The van der Waals surface area contributed by atoms with Crippen LogP contribution in [-0.2, 0) is 23.4 Å². The zero-order valence-corrected chi connectivity index (χ0v) is 20.2. The smallest absolute Gasteiger partial charge is 0.358 e. The highest BCUT2D eigenvalue weighted by atomic mass is 35.5. The summed E-state index contributed by atoms with van der Waals surface area (Å²) in [6, 6.07) is 0. The first kappa shape index (κ1) is 22.4. The van der Waals surface area contributed by atoms with Crippen molar-refractivity contribution in [2.24, 2.45) is 17.3 Å². The van der Waals surface area contributed by atoms with Gasteiger partial charge >= 0.3 is 5.82 Å². The predicted molar refractivity (Wildman–Crippen MR) is 123 cm³/mol. The minimum Gasteiger partial charge on any atom is -0.358 e. The molecule has 0 aromatic carbocycles. The van der Waals surface area contributed by atoms with E-state index >= 15 is 0 Å². The number of hydrogen-bond acceptors (Lipinski definition) is 5. The van der Waals surface area contributed by atoms with E-state index in [1.165, 1.54) is 6.42 Å². The standard InChI is InChI=1S/C23H31ClN6O3/c1-4-28-14(2)18(12-26-28)11-25-19(31)10-22-6-16-5-17(7-22)9-23(8-16,13-22)29-15(3)20(24)21(27-29)30(32)33/h12,16-17H,4-11,13H2,1-3H3,(H,25,31). The fraction of sp³-hybridized carbons (Fsp3) is 0.696. The third kappa shape index (κ3) is 3.64. The Morgan fingerprint density at radius 1 is 1.27 bits per heavy atom. The topological polar surface area (TPSA) is 108 Å². The SMILES string of the molecule is CCn1ncc(CNC(=O)CC23CC4CC(C2)CC(n2nc([N+](=O)[O-])c(Cl)c2C)(C4)C3)c1C. The summed E-state index contributed by atoms with van der Waals surface area (Å²) in [7, 11) is 0. The first-order valence-electron chi connectivity index (χ1n) is 11.8. The molecular formula is C23H31ClN6O3. The lowest BCUT2D eigenvalue weighted by Gasteiger charge is -2.61. The lowest BCUT2D eigenvalue weighted by Crippen LogP contribution is -2.57. The van der Waals surface area contributed by atoms with Crippen molar-refractivity contribution < 1.29 is 9.72 Å². The lowest BCUT2D eigenvalue weighted by molar-refractivity contribution is -0.389. The van der Waals surface area contributed by atoms with Gasteiger partial charge in [-0.15, -0.1) is 0 Å². The van der Waals surface area contributed by atoms with Crippen LogP contribution in [0.3, 0.4) is 0 Å². The fourth-order valence-electron chi connectivity index (χ4n) is 7.48. The maximum atomic E-state index is 13.1. The van der Waals surface area contributed by atoms with E-state index < -0.39 is 4.92 Å². The molecule has 2 atom stereocenters. The number of amides is 1. The fourth-order valence-corrected chi connectivity index (χ4v) is 7.66. The molecule has 1 N–H and O–H groups in total. The molecule has 10 heteroatoms. The van der Waals surface area contributed by atoms with Gasteiger partial charge in [-0.25, -0.2) is 0 Å². The summed E-state index contributed by atoms with van der Waals surface area (Å²) in [5.41, 5.74) is 2.41. The molecule has 2 aromatic heterocycles. The number of halogens is 1. The molecule has 4 aliphatic rings. The Bertz CT molecular complexity index is 1110. The molecule has 0 radical (unpaired) electrons. The molecular weight excluding hydrogens is 444 g/mol. The van der Waals surface area contributed by atoms with Crippen molar-refractivity contribution in [1.82, 2.24) is 24.9 Å². The van der Waals surface area contributed by atoms with Gasteiger partial charge in [0, 0.05) is 30.8 Å². The van der Waals surface area contributed by atoms with Gasteiger partial charge in [-0.05, 0) is 81.5 Å². The Morgan fingerprint density at radius 3 is 2.55 bits per heavy atom. The Morgan fingerprint density at radius 2 is 1.97 bits per heavy atom. The maximum Gasteiger partial charge on any atom is 0.408 e. The molecule has 4 aliphatic carbocycles. The number of nitrogens with zero attached hydrogens (tertiary/aromatic N) is 5. The van der Waals surface area contributed by atoms with Crippen molar-refractivity contribution >= 4 is 23.3 Å². The summed E-state index contributed by atoms with van der Waals surface area (Å²) in [4.78, 5) is 24.0. The van der Waals surface area contributed by atoms with Crippen LogP contribution < -0.4 is 5.32 Å². The molecule has 4 fully saturated rings. The summed E-state index contributed by atoms with van der Waals surface area (Å²) in [5, 5.41) is 23.4. The van der Waals surface area contributed by atoms with Crippen LogP contribution in [0.5, 0.6) is 0 Å². The van der Waals surface area contributed by atoms with Crippen molar-refractivity contribution in [3.8, 4) is 0 Å². The van der Waals surface area contributed by atoms with Gasteiger partial charge in [-0.3, -0.25) is 9.48 Å². The average Bonchev–Trinajstić information content (AvgIpc) is 3.24. The van der Waals surface area contributed by atoms with Gasteiger partial charge < -0.3 is 15.4 Å². The molecule has 4 bridgehead atoms. The second-order valence-electron chi connectivity index (χ2n) is 10.6. The molecule has 2 heterocycles. The second kappa shape index (κ2) is 7.82. The number of carbonyl (C=O) groups is 1.